The van der Waals surface area contributed by atoms with Gasteiger partial charge in [-0.1, -0.05) is 121 Å². The maximum absolute atomic E-state index is 14.8. The molecule has 4 unspecified atom stereocenters. The van der Waals surface area contributed by atoms with Crippen LogP contribution in [-0.4, -0.2) is 190 Å². The second kappa shape index (κ2) is 34.5. The number of rotatable bonds is 31. The van der Waals surface area contributed by atoms with Crippen molar-refractivity contribution in [1.82, 2.24) is 78.1 Å². The number of imidazole rings is 4. The second-order valence-corrected chi connectivity index (χ2v) is 38.1. The van der Waals surface area contributed by atoms with Crippen molar-refractivity contribution in [3.8, 4) is 0 Å². The van der Waals surface area contributed by atoms with E-state index in [1.54, 1.807) is 51.0 Å². The number of fused-ring (bicyclic) bond motifs is 8. The number of phosphoric acid groups is 4. The summed E-state index contributed by atoms with van der Waals surface area (Å²) in [6.07, 6.45) is 14.7. The highest BCUT2D eigenvalue weighted by Gasteiger charge is 2.72. The topological polar surface area (TPSA) is 540 Å². The van der Waals surface area contributed by atoms with Gasteiger partial charge in [0.25, 0.3) is 0 Å². The molecule has 123 heavy (non-hydrogen) atoms. The molecule has 8 aromatic heterocycles. The Labute approximate surface area is 703 Å². The average Bonchev–Trinajstić information content (AvgIpc) is 1.53. The normalized spacial score (nSPS) is 27.5. The van der Waals surface area contributed by atoms with Crippen LogP contribution in [0.5, 0.6) is 0 Å². The number of aromatic nitrogens is 16. The summed E-state index contributed by atoms with van der Waals surface area (Å²) in [6.45, 7) is -0.319. The van der Waals surface area contributed by atoms with Crippen molar-refractivity contribution in [3.05, 3.63) is 194 Å². The number of nitrogen functional groups attached to an aromatic ring is 1. The molecule has 0 spiro atoms. The fraction of sp³-hybridized carbons (Fsp3) is 0.443. The van der Waals surface area contributed by atoms with Crippen LogP contribution in [0.2, 0.25) is 0 Å². The van der Waals surface area contributed by atoms with Gasteiger partial charge in [-0.05, 0) is 97.3 Å². The van der Waals surface area contributed by atoms with Crippen LogP contribution in [0, 0.1) is 45.3 Å². The van der Waals surface area contributed by atoms with Crippen molar-refractivity contribution in [1.29, 1.82) is 0 Å². The van der Waals surface area contributed by atoms with Crippen molar-refractivity contribution in [2.24, 2.45) is 45.3 Å². The van der Waals surface area contributed by atoms with Crippen LogP contribution in [0.15, 0.2) is 172 Å². The highest BCUT2D eigenvalue weighted by molar-refractivity contribution is 7.48. The van der Waals surface area contributed by atoms with E-state index in [4.69, 9.17) is 47.2 Å². The predicted molar refractivity (Wildman–Crippen MR) is 443 cm³/mol. The molecule has 13 N–H and O–H groups in total. The van der Waals surface area contributed by atoms with Gasteiger partial charge in [-0.25, -0.2) is 78.1 Å². The van der Waals surface area contributed by atoms with Crippen molar-refractivity contribution in [3.63, 3.8) is 0 Å². The molecule has 16 atom stereocenters. The first-order valence-electron chi connectivity index (χ1n) is 40.1. The molecule has 8 saturated carbocycles. The van der Waals surface area contributed by atoms with E-state index in [0.29, 0.717) is 101 Å². The Hall–Kier alpha value is -9.44. The number of aliphatic hydroxyl groups is 4. The summed E-state index contributed by atoms with van der Waals surface area (Å²) in [6, 6.07) is 37.5. The van der Waals surface area contributed by atoms with Crippen LogP contribution in [0.1, 0.15) is 97.8 Å². The largest absolute Gasteiger partial charge is 0.475 e. The van der Waals surface area contributed by atoms with E-state index in [-0.39, 0.29) is 106 Å². The Bertz CT molecular complexity index is 5870. The van der Waals surface area contributed by atoms with Gasteiger partial charge in [0.05, 0.1) is 103 Å². The number of nitrogens with two attached hydrogens (primary N) is 1. The Kier molecular flexibility index (Phi) is 24.0. The third-order valence-electron chi connectivity index (χ3n) is 25.7. The lowest BCUT2D eigenvalue weighted by Crippen LogP contribution is -2.27. The van der Waals surface area contributed by atoms with Gasteiger partial charge < -0.3 is 80.0 Å². The van der Waals surface area contributed by atoms with Gasteiger partial charge in [0, 0.05) is 67.0 Å². The maximum atomic E-state index is 14.8. The molecule has 40 nitrogen and oxygen atoms in total. The number of phosphoric ester groups is 4. The summed E-state index contributed by atoms with van der Waals surface area (Å²) in [5.74, 6) is 2.59. The van der Waals surface area contributed by atoms with Crippen molar-refractivity contribution >= 4 is 99.2 Å². The van der Waals surface area contributed by atoms with Crippen molar-refractivity contribution in [2.75, 3.05) is 69.3 Å². The third-order valence-corrected chi connectivity index (χ3v) is 29.4. The first kappa shape index (κ1) is 85.7. The van der Waals surface area contributed by atoms with E-state index >= 15 is 0 Å². The molecule has 8 aliphatic carbocycles. The number of hydrogen-bond donors (Lipinski definition) is 12. The van der Waals surface area contributed by atoms with E-state index in [9.17, 15) is 48.5 Å². The van der Waals surface area contributed by atoms with Gasteiger partial charge in [-0.3, -0.25) is 36.2 Å². The molecule has 8 heterocycles. The first-order valence-corrected chi connectivity index (χ1v) is 46.0. The van der Waals surface area contributed by atoms with Crippen molar-refractivity contribution < 1.29 is 94.4 Å². The zero-order valence-electron chi connectivity index (χ0n) is 66.9. The summed E-state index contributed by atoms with van der Waals surface area (Å²) in [5, 5.41) is 48.3. The molecule has 8 aliphatic rings. The standard InChI is InChI=1S/C41H43N5O8P2.C13H19N5O8P2.C13H17N5O2.C12H15N5O2/c1-42-39-38-40(44-29-43-39)46(30-45-38)36-22-37(54-56(48,51-26-33-18-10-4-11-19-33)52-27-34-20-12-5-13-21-34)41(23-35(36)41)28-53-55(47,49-24-31-14-6-2-7-15-31)50-25-32-16-8-3-9-17-32;1-14-11-10-12(16-5-15-11)18(6-17-10)8-2-9(26-28(22,23)24)13(3-7(8)13)4-25-27(19,20)21;1-14-11-10-12(16-5-15-11)18(6-17-10)8-2-9(20)13(4-19)3-7(8)13;13-10-9-11(15-4-14-10)17(5-16-9)7-1-8(19)12(3-18)2-6(7)12/h2-21,29-30,35-37H,22-28H2,1H3,(H,42,43,44);5-9H,2-4H2,1H3,(H,14,15,16)(H2,19,20,21)(H2,22,23,24);5-9,19-20H,2-4H2,1H3,(H,14,15,16);4-8,18-19H,1-3H2,(H2,13,14,15)/t35-,36+,37+,41?;2*7-,8+,9+,13?;6-,7+,8+,12?/m1111/s1. The average molecular weight is 1770 g/mol. The van der Waals surface area contributed by atoms with E-state index in [1.165, 1.54) is 25.3 Å². The minimum absolute atomic E-state index is 0.00170. The van der Waals surface area contributed by atoms with Crippen LogP contribution in [0.3, 0.4) is 0 Å². The second-order valence-electron chi connectivity index (χ2n) is 32.4. The molecule has 8 fully saturated rings. The van der Waals surface area contributed by atoms with Crippen LogP contribution >= 0.6 is 31.3 Å². The number of nitrogens with zero attached hydrogens (tertiary/aromatic N) is 16. The number of hydrogen-bond acceptors (Lipinski definition) is 32. The van der Waals surface area contributed by atoms with E-state index in [1.807, 2.05) is 135 Å². The Balaban J connectivity index is 0.000000131. The Morgan fingerprint density at radius 1 is 0.382 bits per heavy atom. The van der Waals surface area contributed by atoms with Gasteiger partial charge in [-0.2, -0.15) is 0 Å². The molecule has 0 radical (unpaired) electrons. The molecule has 0 bridgehead atoms. The molecule has 0 aliphatic heterocycles. The molecule has 4 aromatic carbocycles. The molecule has 0 saturated heterocycles. The molecular formula is C79H94N20O20P4. The number of nitrogens with one attached hydrogen (secondary N) is 3. The first-order chi connectivity index (χ1) is 59.3. The highest BCUT2D eigenvalue weighted by Crippen LogP contribution is 2.75. The summed E-state index contributed by atoms with van der Waals surface area (Å²) < 4.78 is 106. The number of anilines is 4. The van der Waals surface area contributed by atoms with Crippen LogP contribution in [-0.2, 0) is 80.9 Å². The summed E-state index contributed by atoms with van der Waals surface area (Å²) >= 11 is 0. The van der Waals surface area contributed by atoms with Gasteiger partial charge in [0.2, 0.25) is 0 Å². The summed E-state index contributed by atoms with van der Waals surface area (Å²) in [4.78, 5) is 88.1. The van der Waals surface area contributed by atoms with E-state index < -0.39 is 66.5 Å². The Morgan fingerprint density at radius 3 is 1.02 bits per heavy atom. The minimum atomic E-state index is -4.81. The zero-order chi connectivity index (χ0) is 85.9. The van der Waals surface area contributed by atoms with Gasteiger partial charge in [0.1, 0.15) is 47.4 Å². The number of aliphatic hydroxyl groups excluding tert-OH is 4. The summed E-state index contributed by atoms with van der Waals surface area (Å²) in [7, 11) is -12.7. The SMILES string of the molecule is CNc1ncnc2c1ncn2[C@H]1C[C@H](O)C2(CO)C[C@H]12.CNc1ncnc2c1ncn2[C@H]1C[C@H](OP(=O)(O)O)C2(COP(=O)(O)O)C[C@H]12.CNc1ncnc2c1ncn2[C@H]1C[C@H](OP(=O)(OCc2ccccc2)OCc2ccccc2)C2(COP(=O)(OCc3ccccc3)OCc3ccccc3)C[C@H]12.Nc1ncnc2c1ncn2[C@H]1C[C@H](O)C2(CO)C[C@H]12. The fourth-order valence-corrected chi connectivity index (χ4v) is 22.6. The molecule has 0 amide bonds. The highest BCUT2D eigenvalue weighted by atomic mass is 31.2. The van der Waals surface area contributed by atoms with E-state index in [2.05, 4.69) is 80.3 Å². The van der Waals surface area contributed by atoms with Crippen LogP contribution < -0.4 is 21.7 Å². The fourth-order valence-electron chi connectivity index (χ4n) is 18.9. The Morgan fingerprint density at radius 2 is 0.691 bits per heavy atom. The predicted octanol–water partition coefficient (Wildman–Crippen LogP) is 9.60. The lowest BCUT2D eigenvalue weighted by Gasteiger charge is -2.29. The maximum Gasteiger partial charge on any atom is 0.475 e. The van der Waals surface area contributed by atoms with Crippen molar-refractivity contribution in [2.45, 2.75) is 126 Å². The zero-order valence-corrected chi connectivity index (χ0v) is 70.5. The quantitative estimate of drug-likeness (QED) is 0.0180. The smallest absolute Gasteiger partial charge is 0.396 e. The minimum Gasteiger partial charge on any atom is -0.396 e. The monoisotopic (exact) mass is 1770 g/mol. The molecular weight excluding hydrogens is 1670 g/mol. The third kappa shape index (κ3) is 17.2. The lowest BCUT2D eigenvalue weighted by molar-refractivity contribution is 0.0163. The van der Waals surface area contributed by atoms with Gasteiger partial charge in [-0.15, -0.1) is 0 Å². The lowest BCUT2D eigenvalue weighted by atomic mass is 10.0. The molecule has 12 aromatic rings. The molecule has 650 valence electrons. The van der Waals surface area contributed by atoms with E-state index in [0.717, 1.165) is 46.3 Å². The van der Waals surface area contributed by atoms with Gasteiger partial charge in [0.15, 0.2) is 45.9 Å². The molecule has 44 heteroatoms. The van der Waals surface area contributed by atoms with Crippen LogP contribution in [0.4, 0.5) is 23.3 Å². The summed E-state index contributed by atoms with van der Waals surface area (Å²) in [5.41, 5.74) is 11.9. The molecule has 20 rings (SSSR count). The van der Waals surface area contributed by atoms with Gasteiger partial charge >= 0.3 is 31.3 Å². The number of benzene rings is 4. The van der Waals surface area contributed by atoms with Crippen LogP contribution in [0.25, 0.3) is 44.7 Å².